The molecule has 0 N–H and O–H groups in total. The van der Waals surface area contributed by atoms with E-state index in [0.717, 1.165) is 0 Å². The van der Waals surface area contributed by atoms with Gasteiger partial charge in [-0.1, -0.05) is 309 Å². The number of alkyl halides is 8. The summed E-state index contributed by atoms with van der Waals surface area (Å²) in [4.78, 5) is 0. The quantitative estimate of drug-likeness (QED) is 0.0340. The van der Waals surface area contributed by atoms with Crippen LogP contribution in [0.2, 0.25) is 0 Å². The summed E-state index contributed by atoms with van der Waals surface area (Å²) >= 11 is 38.1. The number of halogens is 10. The van der Waals surface area contributed by atoms with Gasteiger partial charge in [-0.25, -0.2) is 0 Å². The Bertz CT molecular complexity index is 4130. The van der Waals surface area contributed by atoms with Crippen LogP contribution in [-0.2, 0) is 278 Å². The average Bonchev–Trinajstić information content (AvgIpc) is 0.805. The van der Waals surface area contributed by atoms with Crippen LogP contribution in [0.25, 0.3) is 0 Å². The maximum atomic E-state index is 4.76. The number of benzene rings is 16. The number of rotatable bonds is 24. The molecule has 780 valence electrons. The van der Waals surface area contributed by atoms with Crippen molar-refractivity contribution < 1.29 is 249 Å². The summed E-state index contributed by atoms with van der Waals surface area (Å²) < 4.78 is 10.7. The summed E-state index contributed by atoms with van der Waals surface area (Å²) in [5, 5.41) is 23.6. The maximum Gasteiger partial charge on any atom is 1.00 e. The molecule has 140 heavy (non-hydrogen) atoms. The van der Waals surface area contributed by atoms with Gasteiger partial charge in [-0.2, -0.15) is 0 Å². The molecule has 0 aliphatic carbocycles. The molecule has 0 aliphatic heterocycles. The number of hydrogen-bond donors (Lipinski definition) is 0. The van der Waals surface area contributed by atoms with Gasteiger partial charge in [-0.05, 0) is 194 Å². The predicted octanol–water partition coefficient (Wildman–Crippen LogP) is 17.6. The van der Waals surface area contributed by atoms with E-state index in [1.807, 2.05) is 0 Å². The maximum absolute atomic E-state index is 4.76. The smallest absolute Gasteiger partial charge is 1.00 e. The van der Waals surface area contributed by atoms with E-state index < -0.39 is 64.6 Å². The van der Waals surface area contributed by atoms with E-state index >= 15 is 0 Å². The Balaban J connectivity index is -0.000000256. The second-order valence-corrected chi connectivity index (χ2v) is 52.5. The summed E-state index contributed by atoms with van der Waals surface area (Å²) in [6, 6.07) is 176. The molecule has 0 atom stereocenters. The van der Waals surface area contributed by atoms with Crippen molar-refractivity contribution in [1.82, 2.24) is 17.8 Å². The van der Waals surface area contributed by atoms with Crippen molar-refractivity contribution in [3.05, 3.63) is 485 Å². The standard InChI is InChI=1S/4C25H23NP2.4CH2Cl2.10Au.2ClH.4S/c4*1-26(27(22-14-6-2-7-15-22)23-16-8-3-9-17-23)28(24-18-10-4-11-19-24)25-20-12-5-13-21-25;4*2-1-3;;;;;;;;;;;;;;;;/h4*2-21H,1H3;4*1H2;;;;;;;;;;;2*1H;;;;/q;;;;;;;;10*+1;;;4*-2/p+6. The third-order valence-electron chi connectivity index (χ3n) is 19.4. The zero-order chi connectivity index (χ0) is 87.6. The molecular weight excluding hydrogens is 4010 g/mol. The molecule has 0 bridgehead atoms. The minimum absolute atomic E-state index is 0. The molecule has 16 aromatic carbocycles. The van der Waals surface area contributed by atoms with Gasteiger partial charge in [-0.15, -0.1) is 92.8 Å². The Morgan fingerprint density at radius 3 is 0.214 bits per heavy atom. The predicted molar refractivity (Wildman–Crippen MR) is 611 cm³/mol. The molecule has 0 saturated heterocycles. The van der Waals surface area contributed by atoms with Crippen LogP contribution in [-0.4, -0.2) is 67.3 Å². The van der Waals surface area contributed by atoms with E-state index in [4.69, 9.17) is 92.8 Å². The summed E-state index contributed by atoms with van der Waals surface area (Å²) in [5.74, 6) is 0. The van der Waals surface area contributed by atoms with Crippen LogP contribution in [0.15, 0.2) is 485 Å². The zero-order valence-corrected chi connectivity index (χ0v) is 116. The Morgan fingerprint density at radius 2 is 0.171 bits per heavy atom. The fourth-order valence-corrected chi connectivity index (χ4v) is 41.2. The molecule has 0 radical (unpaired) electrons. The summed E-state index contributed by atoms with van der Waals surface area (Å²) in [6.45, 7) is 0. The molecule has 0 aromatic heterocycles. The van der Waals surface area contributed by atoms with Crippen molar-refractivity contribution in [1.29, 1.82) is 0 Å². The van der Waals surface area contributed by atoms with Crippen LogP contribution < -0.4 is 110 Å². The van der Waals surface area contributed by atoms with Gasteiger partial charge >= 0.3 is 224 Å². The minimum atomic E-state index is -1.09. The Hall–Kier alpha value is 2.50. The molecule has 0 heterocycles. The van der Waals surface area contributed by atoms with Gasteiger partial charge in [0.05, 0.1) is 49.5 Å². The molecule has 0 saturated carbocycles. The first-order valence-corrected chi connectivity index (χ1v) is 56.1. The van der Waals surface area contributed by atoms with Gasteiger partial charge in [0, 0.05) is 0 Å². The van der Waals surface area contributed by atoms with Crippen LogP contribution in [0, 0.1) is 0 Å². The summed E-state index contributed by atoms with van der Waals surface area (Å²) in [6.07, 6.45) is 0. The molecule has 16 rings (SSSR count). The molecule has 0 spiro atoms. The molecular formula is C104H108Au10Cl10N4P8S4+8. The Morgan fingerprint density at radius 1 is 0.129 bits per heavy atom. The van der Waals surface area contributed by atoms with Crippen molar-refractivity contribution >= 4 is 296 Å². The van der Waals surface area contributed by atoms with Crippen molar-refractivity contribution in [2.45, 2.75) is 0 Å². The van der Waals surface area contributed by atoms with E-state index in [1.165, 1.54) is 84.9 Å². The topological polar surface area (TPSA) is 13.0 Å². The van der Waals surface area contributed by atoms with Gasteiger partial charge in [-0.3, -0.25) is 0 Å². The van der Waals surface area contributed by atoms with Gasteiger partial charge in [0.25, 0.3) is 0 Å². The van der Waals surface area contributed by atoms with Crippen molar-refractivity contribution in [3.8, 4) is 0 Å². The summed E-state index contributed by atoms with van der Waals surface area (Å²) in [7, 11) is 0.554. The van der Waals surface area contributed by atoms with Crippen LogP contribution in [0.5, 0.6) is 0 Å². The first-order chi connectivity index (χ1) is 61.0. The molecule has 0 aliphatic rings. The van der Waals surface area contributed by atoms with Gasteiger partial charge in [0.15, 0.2) is 64.6 Å². The SMILES string of the molecule is CN([PH+](c1ccccc1)c1ccccc1)[PH+](c1ccccc1)c1ccccc1.CN([PH+](c1ccccc1)c1ccccc1)[PH+](c1ccccc1)c1ccccc1.CN([PH+](c1ccccc1)c1ccccc1)[PH+](c1ccccc1)c1ccccc1.CN([PH+](c1ccccc1)c1ccccc1)[PH+](c1ccccc1)c1ccccc1.ClCCl.ClCCl.ClCCl.ClCCl.[Au+].[Au+].[Au+].[Au+].[Au+].[Au+].[Au+].[Au+].[Au+].[Au+].[Cl-].[Cl-].[S-2].[S-2].[S-2].[S-2]. The van der Waals surface area contributed by atoms with Crippen LogP contribution in [0.1, 0.15) is 0 Å². The average molecular weight is 4110 g/mol. The van der Waals surface area contributed by atoms with E-state index in [0.29, 0.717) is 0 Å². The molecule has 16 aromatic rings. The third kappa shape index (κ3) is 53.3. The fourth-order valence-electron chi connectivity index (χ4n) is 14.4. The van der Waals surface area contributed by atoms with Crippen molar-refractivity contribution in [2.24, 2.45) is 0 Å². The first-order valence-electron chi connectivity index (χ1n) is 40.3. The van der Waals surface area contributed by atoms with E-state index in [-0.39, 0.29) is 324 Å². The Kier molecular flexibility index (Phi) is 108. The van der Waals surface area contributed by atoms with Crippen LogP contribution >= 0.6 is 157 Å². The van der Waals surface area contributed by atoms with Crippen LogP contribution in [0.4, 0.5) is 0 Å². The second-order valence-electron chi connectivity index (χ2n) is 27.3. The second kappa shape index (κ2) is 96.1. The molecule has 36 heteroatoms. The molecule has 4 nitrogen and oxygen atoms in total. The minimum Gasteiger partial charge on any atom is -2.00 e. The van der Waals surface area contributed by atoms with Crippen molar-refractivity contribution in [3.63, 3.8) is 0 Å². The molecule has 0 unspecified atom stereocenters. The van der Waals surface area contributed by atoms with Gasteiger partial charge < -0.3 is 78.8 Å². The van der Waals surface area contributed by atoms with Gasteiger partial charge in [0.1, 0.15) is 84.9 Å². The van der Waals surface area contributed by atoms with Crippen molar-refractivity contribution in [2.75, 3.05) is 49.5 Å². The van der Waals surface area contributed by atoms with E-state index in [1.54, 1.807) is 0 Å². The first kappa shape index (κ1) is 158. The zero-order valence-electron chi connectivity index (χ0n) is 75.2. The summed E-state index contributed by atoms with van der Waals surface area (Å²) in [5.41, 5.74) is 0. The Labute approximate surface area is 1080 Å². The fraction of sp³-hybridized carbons (Fsp3) is 0.0769. The monoisotopic (exact) mass is 4110 g/mol. The molecule has 0 fully saturated rings. The van der Waals surface area contributed by atoms with E-state index in [9.17, 15) is 0 Å². The van der Waals surface area contributed by atoms with E-state index in [2.05, 4.69) is 531 Å². The molecule has 0 amide bonds. The number of nitrogens with zero attached hydrogens (tertiary/aromatic N) is 4. The largest absolute Gasteiger partial charge is 2.00 e. The van der Waals surface area contributed by atoms with Gasteiger partial charge in [0.2, 0.25) is 0 Å². The normalized spacial score (nSPS) is 9.54. The van der Waals surface area contributed by atoms with Crippen LogP contribution in [0.3, 0.4) is 0 Å². The third-order valence-corrected chi connectivity index (χ3v) is 44.3. The number of hydrogen-bond acceptors (Lipinski definition) is 4.